The third-order valence-corrected chi connectivity index (χ3v) is 4.41. The van der Waals surface area contributed by atoms with Gasteiger partial charge in [-0.15, -0.1) is 0 Å². The first-order valence-electron chi connectivity index (χ1n) is 6.60. The summed E-state index contributed by atoms with van der Waals surface area (Å²) >= 11 is 3.43. The first-order valence-corrected chi connectivity index (χ1v) is 7.40. The summed E-state index contributed by atoms with van der Waals surface area (Å²) in [5.41, 5.74) is 1.85. The van der Waals surface area contributed by atoms with Crippen LogP contribution >= 0.6 is 15.9 Å². The predicted octanol–water partition coefficient (Wildman–Crippen LogP) is 3.92. The number of amides is 1. The third-order valence-electron chi connectivity index (χ3n) is 3.72. The quantitative estimate of drug-likeness (QED) is 0.900. The molecule has 1 fully saturated rings. The molecule has 3 heteroatoms. The zero-order chi connectivity index (χ0) is 13.1. The summed E-state index contributed by atoms with van der Waals surface area (Å²) in [6.07, 6.45) is 3.79. The lowest BCUT2D eigenvalue weighted by Gasteiger charge is -2.12. The van der Waals surface area contributed by atoms with Crippen molar-refractivity contribution in [2.45, 2.75) is 33.1 Å². The van der Waals surface area contributed by atoms with E-state index < -0.39 is 0 Å². The van der Waals surface area contributed by atoms with Crippen LogP contribution in [0.15, 0.2) is 22.7 Å². The first-order chi connectivity index (χ1) is 8.56. The Morgan fingerprint density at radius 3 is 2.89 bits per heavy atom. The summed E-state index contributed by atoms with van der Waals surface area (Å²) in [6, 6.07) is 5.86. The number of hydrogen-bond donors (Lipinski definition) is 1. The SMILES string of the molecule is Cc1ccc(Br)c(C(=O)NCC2CCC(C)C2)c1. The fourth-order valence-electron chi connectivity index (χ4n) is 2.66. The van der Waals surface area contributed by atoms with Gasteiger partial charge in [-0.3, -0.25) is 4.79 Å². The molecule has 1 aromatic carbocycles. The van der Waals surface area contributed by atoms with Gasteiger partial charge >= 0.3 is 0 Å². The van der Waals surface area contributed by atoms with Crippen molar-refractivity contribution in [3.8, 4) is 0 Å². The Morgan fingerprint density at radius 2 is 2.22 bits per heavy atom. The van der Waals surface area contributed by atoms with E-state index >= 15 is 0 Å². The highest BCUT2D eigenvalue weighted by Crippen LogP contribution is 2.29. The fourth-order valence-corrected chi connectivity index (χ4v) is 3.08. The number of halogens is 1. The Hall–Kier alpha value is -0.830. The van der Waals surface area contributed by atoms with Crippen LogP contribution in [0.1, 0.15) is 42.1 Å². The summed E-state index contributed by atoms with van der Waals surface area (Å²) in [6.45, 7) is 5.10. The standard InChI is InChI=1S/C15H20BrNO/c1-10-3-5-12(7-10)9-17-15(18)13-8-11(2)4-6-14(13)16/h4,6,8,10,12H,3,5,7,9H2,1-2H3,(H,17,18). The van der Waals surface area contributed by atoms with Gasteiger partial charge in [-0.05, 0) is 59.7 Å². The average molecular weight is 310 g/mol. The van der Waals surface area contributed by atoms with E-state index in [2.05, 4.69) is 28.2 Å². The topological polar surface area (TPSA) is 29.1 Å². The molecule has 0 aliphatic heterocycles. The molecule has 2 nitrogen and oxygen atoms in total. The van der Waals surface area contributed by atoms with Crippen LogP contribution < -0.4 is 5.32 Å². The lowest BCUT2D eigenvalue weighted by Crippen LogP contribution is -2.28. The van der Waals surface area contributed by atoms with E-state index in [9.17, 15) is 4.79 Å². The van der Waals surface area contributed by atoms with Gasteiger partial charge in [0.05, 0.1) is 5.56 Å². The van der Waals surface area contributed by atoms with Crippen LogP contribution in [0.4, 0.5) is 0 Å². The number of hydrogen-bond acceptors (Lipinski definition) is 1. The third kappa shape index (κ3) is 3.35. The Kier molecular flexibility index (Phi) is 4.44. The van der Waals surface area contributed by atoms with Crippen molar-refractivity contribution in [1.82, 2.24) is 5.32 Å². The van der Waals surface area contributed by atoms with Crippen LogP contribution in [0.3, 0.4) is 0 Å². The van der Waals surface area contributed by atoms with Crippen LogP contribution in [0.2, 0.25) is 0 Å². The van der Waals surface area contributed by atoms with Gasteiger partial charge in [0.15, 0.2) is 0 Å². The maximum Gasteiger partial charge on any atom is 0.252 e. The van der Waals surface area contributed by atoms with Crippen LogP contribution in [0, 0.1) is 18.8 Å². The van der Waals surface area contributed by atoms with Crippen LogP contribution in [0.25, 0.3) is 0 Å². The molecule has 0 aromatic heterocycles. The number of rotatable bonds is 3. The number of carbonyl (C=O) groups excluding carboxylic acids is 1. The summed E-state index contributed by atoms with van der Waals surface area (Å²) in [4.78, 5) is 12.1. The molecule has 1 aromatic rings. The lowest BCUT2D eigenvalue weighted by molar-refractivity contribution is 0.0946. The van der Waals surface area contributed by atoms with Crippen molar-refractivity contribution in [1.29, 1.82) is 0 Å². The predicted molar refractivity (Wildman–Crippen MR) is 77.7 cm³/mol. The number of carbonyl (C=O) groups is 1. The highest BCUT2D eigenvalue weighted by molar-refractivity contribution is 9.10. The van der Waals surface area contributed by atoms with Crippen molar-refractivity contribution < 1.29 is 4.79 Å². The summed E-state index contributed by atoms with van der Waals surface area (Å²) in [5.74, 6) is 1.51. The molecule has 1 amide bonds. The molecule has 0 heterocycles. The van der Waals surface area contributed by atoms with Gasteiger partial charge in [0.25, 0.3) is 5.91 Å². The zero-order valence-corrected chi connectivity index (χ0v) is 12.6. The monoisotopic (exact) mass is 309 g/mol. The van der Waals surface area contributed by atoms with Crippen molar-refractivity contribution in [2.75, 3.05) is 6.54 Å². The summed E-state index contributed by atoms with van der Waals surface area (Å²) in [7, 11) is 0. The minimum Gasteiger partial charge on any atom is -0.352 e. The number of nitrogens with one attached hydrogen (secondary N) is 1. The largest absolute Gasteiger partial charge is 0.352 e. The second kappa shape index (κ2) is 5.87. The van der Waals surface area contributed by atoms with Crippen molar-refractivity contribution in [3.05, 3.63) is 33.8 Å². The fraction of sp³-hybridized carbons (Fsp3) is 0.533. The summed E-state index contributed by atoms with van der Waals surface area (Å²) < 4.78 is 0.866. The van der Waals surface area contributed by atoms with Gasteiger partial charge in [0, 0.05) is 11.0 Å². The maximum absolute atomic E-state index is 12.1. The van der Waals surface area contributed by atoms with E-state index in [1.54, 1.807) is 0 Å². The molecule has 2 rings (SSSR count). The normalized spacial score (nSPS) is 23.1. The molecule has 2 unspecified atom stereocenters. The Balaban J connectivity index is 1.93. The van der Waals surface area contributed by atoms with Crippen molar-refractivity contribution in [3.63, 3.8) is 0 Å². The molecule has 18 heavy (non-hydrogen) atoms. The van der Waals surface area contributed by atoms with E-state index in [1.807, 2.05) is 25.1 Å². The zero-order valence-electron chi connectivity index (χ0n) is 11.0. The van der Waals surface area contributed by atoms with E-state index in [0.29, 0.717) is 5.92 Å². The first kappa shape index (κ1) is 13.6. The molecule has 1 aliphatic rings. The van der Waals surface area contributed by atoms with Gasteiger partial charge in [-0.25, -0.2) is 0 Å². The lowest BCUT2D eigenvalue weighted by atomic mass is 10.1. The molecular formula is C15H20BrNO. The molecule has 2 atom stereocenters. The van der Waals surface area contributed by atoms with Crippen LogP contribution in [-0.2, 0) is 0 Å². The molecule has 0 spiro atoms. The second-order valence-corrected chi connectivity index (χ2v) is 6.33. The van der Waals surface area contributed by atoms with Crippen LogP contribution in [-0.4, -0.2) is 12.5 Å². The Bertz CT molecular complexity index is 444. The van der Waals surface area contributed by atoms with Gasteiger partial charge in [0.2, 0.25) is 0 Å². The van der Waals surface area contributed by atoms with Crippen molar-refractivity contribution in [2.24, 2.45) is 11.8 Å². The van der Waals surface area contributed by atoms with Crippen LogP contribution in [0.5, 0.6) is 0 Å². The van der Waals surface area contributed by atoms with Gasteiger partial charge in [-0.2, -0.15) is 0 Å². The van der Waals surface area contributed by atoms with E-state index in [0.717, 1.165) is 28.1 Å². The average Bonchev–Trinajstić information content (AvgIpc) is 2.75. The summed E-state index contributed by atoms with van der Waals surface area (Å²) in [5, 5.41) is 3.06. The Morgan fingerprint density at radius 1 is 1.44 bits per heavy atom. The van der Waals surface area contributed by atoms with Gasteiger partial charge in [-0.1, -0.05) is 25.0 Å². The number of benzene rings is 1. The van der Waals surface area contributed by atoms with E-state index in [1.165, 1.54) is 19.3 Å². The minimum absolute atomic E-state index is 0.0325. The molecule has 0 radical (unpaired) electrons. The molecule has 0 saturated heterocycles. The van der Waals surface area contributed by atoms with Gasteiger partial charge in [0.1, 0.15) is 0 Å². The molecule has 0 bridgehead atoms. The minimum atomic E-state index is 0.0325. The Labute approximate surface area is 117 Å². The van der Waals surface area contributed by atoms with E-state index in [-0.39, 0.29) is 5.91 Å². The smallest absolute Gasteiger partial charge is 0.252 e. The molecule has 98 valence electrons. The second-order valence-electron chi connectivity index (χ2n) is 5.48. The van der Waals surface area contributed by atoms with Gasteiger partial charge < -0.3 is 5.32 Å². The molecule has 1 N–H and O–H groups in total. The number of aryl methyl sites for hydroxylation is 1. The molecule has 1 saturated carbocycles. The highest BCUT2D eigenvalue weighted by Gasteiger charge is 2.22. The van der Waals surface area contributed by atoms with E-state index in [4.69, 9.17) is 0 Å². The van der Waals surface area contributed by atoms with Crippen molar-refractivity contribution >= 4 is 21.8 Å². The molecular weight excluding hydrogens is 290 g/mol. The molecule has 1 aliphatic carbocycles. The maximum atomic E-state index is 12.1. The highest BCUT2D eigenvalue weighted by atomic mass is 79.9.